The Hall–Kier alpha value is -2.27. The molecule has 0 aliphatic heterocycles. The molecule has 0 spiro atoms. The third kappa shape index (κ3) is 5.46. The van der Waals surface area contributed by atoms with Crippen molar-refractivity contribution in [1.29, 1.82) is 0 Å². The fraction of sp³-hybridized carbons (Fsp3) is 0.500. The maximum Gasteiger partial charge on any atom is 0.166 e. The van der Waals surface area contributed by atoms with Crippen molar-refractivity contribution in [3.05, 3.63) is 70.5 Å². The van der Waals surface area contributed by atoms with E-state index in [0.29, 0.717) is 11.3 Å². The van der Waals surface area contributed by atoms with Crippen LogP contribution in [-0.2, 0) is 0 Å². The standard InChI is InChI=1S/C28H33F3O2/c1-33-23-13-15-24(26(29)16-23)20-7-2-18(3-8-20)4-11-22-12-14-25(28(31)27(22)30)21-9-5-19(17-32)6-10-21/h4,11-16,18-21,32H,2-3,5-10,17H2,1H3. The molecule has 5 heteroatoms. The van der Waals surface area contributed by atoms with Gasteiger partial charge in [-0.2, -0.15) is 0 Å². The van der Waals surface area contributed by atoms with Crippen LogP contribution < -0.4 is 4.74 Å². The van der Waals surface area contributed by atoms with Gasteiger partial charge in [-0.05, 0) is 92.2 Å². The Morgan fingerprint density at radius 2 is 1.48 bits per heavy atom. The second-order valence-corrected chi connectivity index (χ2v) is 9.63. The van der Waals surface area contributed by atoms with E-state index >= 15 is 0 Å². The van der Waals surface area contributed by atoms with E-state index in [0.717, 1.165) is 56.9 Å². The number of methoxy groups -OCH3 is 1. The zero-order valence-electron chi connectivity index (χ0n) is 19.2. The lowest BCUT2D eigenvalue weighted by Gasteiger charge is -2.28. The Morgan fingerprint density at radius 3 is 2.12 bits per heavy atom. The lowest BCUT2D eigenvalue weighted by Crippen LogP contribution is -2.17. The average molecular weight is 459 g/mol. The number of ether oxygens (including phenoxy) is 1. The molecule has 2 aliphatic rings. The highest BCUT2D eigenvalue weighted by molar-refractivity contribution is 5.52. The van der Waals surface area contributed by atoms with Gasteiger partial charge in [-0.3, -0.25) is 0 Å². The molecule has 2 aromatic carbocycles. The van der Waals surface area contributed by atoms with Crippen LogP contribution in [0.5, 0.6) is 5.75 Å². The predicted molar refractivity (Wildman–Crippen MR) is 125 cm³/mol. The summed E-state index contributed by atoms with van der Waals surface area (Å²) >= 11 is 0. The summed E-state index contributed by atoms with van der Waals surface area (Å²) in [5, 5.41) is 9.29. The minimum atomic E-state index is -0.776. The summed E-state index contributed by atoms with van der Waals surface area (Å²) in [6, 6.07) is 8.45. The number of aliphatic hydroxyl groups excluding tert-OH is 1. The summed E-state index contributed by atoms with van der Waals surface area (Å²) < 4.78 is 49.1. The molecule has 2 nitrogen and oxygen atoms in total. The molecule has 178 valence electrons. The Bertz CT molecular complexity index is 971. The Kier molecular flexibility index (Phi) is 7.79. The highest BCUT2D eigenvalue weighted by Gasteiger charge is 2.26. The fourth-order valence-electron chi connectivity index (χ4n) is 5.51. The summed E-state index contributed by atoms with van der Waals surface area (Å²) in [6.07, 6.45) is 10.5. The molecule has 4 rings (SSSR count). The van der Waals surface area contributed by atoms with E-state index in [1.165, 1.54) is 13.2 Å². The van der Waals surface area contributed by atoms with Gasteiger partial charge < -0.3 is 9.84 Å². The molecular weight excluding hydrogens is 425 g/mol. The molecule has 0 amide bonds. The van der Waals surface area contributed by atoms with Crippen molar-refractivity contribution in [2.24, 2.45) is 11.8 Å². The number of halogens is 3. The van der Waals surface area contributed by atoms with Crippen molar-refractivity contribution in [3.63, 3.8) is 0 Å². The third-order valence-electron chi connectivity index (χ3n) is 7.65. The second-order valence-electron chi connectivity index (χ2n) is 9.63. The second kappa shape index (κ2) is 10.8. The summed E-state index contributed by atoms with van der Waals surface area (Å²) in [6.45, 7) is 0.171. The van der Waals surface area contributed by atoms with Crippen LogP contribution in [0, 0.1) is 29.3 Å². The maximum atomic E-state index is 14.8. The lowest BCUT2D eigenvalue weighted by atomic mass is 9.78. The molecule has 0 unspecified atom stereocenters. The molecule has 2 saturated carbocycles. The minimum absolute atomic E-state index is 0.0222. The van der Waals surface area contributed by atoms with Crippen molar-refractivity contribution in [2.45, 2.75) is 63.2 Å². The molecule has 2 fully saturated rings. The highest BCUT2D eigenvalue weighted by atomic mass is 19.2. The number of hydrogen-bond acceptors (Lipinski definition) is 2. The van der Waals surface area contributed by atoms with E-state index in [2.05, 4.69) is 0 Å². The smallest absolute Gasteiger partial charge is 0.166 e. The average Bonchev–Trinajstić information content (AvgIpc) is 2.85. The molecule has 0 atom stereocenters. The zero-order valence-corrected chi connectivity index (χ0v) is 19.2. The van der Waals surface area contributed by atoms with E-state index in [-0.39, 0.29) is 41.7 Å². The van der Waals surface area contributed by atoms with Crippen molar-refractivity contribution in [1.82, 2.24) is 0 Å². The molecule has 2 aromatic rings. The maximum absolute atomic E-state index is 14.8. The van der Waals surface area contributed by atoms with Gasteiger partial charge in [0.05, 0.1) is 7.11 Å². The Labute approximate surface area is 194 Å². The predicted octanol–water partition coefficient (Wildman–Crippen LogP) is 7.37. The Balaban J connectivity index is 1.36. The number of rotatable bonds is 6. The summed E-state index contributed by atoms with van der Waals surface area (Å²) in [7, 11) is 1.53. The van der Waals surface area contributed by atoms with Crippen LogP contribution in [-0.4, -0.2) is 18.8 Å². The van der Waals surface area contributed by atoms with Crippen molar-refractivity contribution < 1.29 is 23.0 Å². The van der Waals surface area contributed by atoms with Crippen LogP contribution in [0.4, 0.5) is 13.2 Å². The largest absolute Gasteiger partial charge is 0.497 e. The van der Waals surface area contributed by atoms with E-state index in [1.54, 1.807) is 24.3 Å². The van der Waals surface area contributed by atoms with Crippen molar-refractivity contribution in [3.8, 4) is 5.75 Å². The molecule has 0 saturated heterocycles. The number of benzene rings is 2. The van der Waals surface area contributed by atoms with E-state index < -0.39 is 11.6 Å². The molecule has 0 heterocycles. The minimum Gasteiger partial charge on any atom is -0.497 e. The lowest BCUT2D eigenvalue weighted by molar-refractivity contribution is 0.181. The van der Waals surface area contributed by atoms with Crippen LogP contribution in [0.3, 0.4) is 0 Å². The first-order chi connectivity index (χ1) is 16.0. The van der Waals surface area contributed by atoms with Gasteiger partial charge in [0.1, 0.15) is 11.6 Å². The molecule has 2 aliphatic carbocycles. The van der Waals surface area contributed by atoms with Gasteiger partial charge in [0.25, 0.3) is 0 Å². The number of hydrogen-bond donors (Lipinski definition) is 1. The SMILES string of the molecule is COc1ccc(C2CCC(C=Cc3ccc(C4CCC(CO)CC4)c(F)c3F)CC2)c(F)c1. The quantitative estimate of drug-likeness (QED) is 0.490. The molecule has 1 N–H and O–H groups in total. The van der Waals surface area contributed by atoms with Gasteiger partial charge in [-0.25, -0.2) is 13.2 Å². The van der Waals surface area contributed by atoms with E-state index in [9.17, 15) is 18.3 Å². The topological polar surface area (TPSA) is 29.5 Å². The number of allylic oxidation sites excluding steroid dienone is 1. The van der Waals surface area contributed by atoms with Crippen LogP contribution in [0.1, 0.15) is 79.9 Å². The molecule has 0 aromatic heterocycles. The van der Waals surface area contributed by atoms with Crippen LogP contribution >= 0.6 is 0 Å². The normalized spacial score (nSPS) is 26.0. The van der Waals surface area contributed by atoms with Crippen molar-refractivity contribution >= 4 is 6.08 Å². The van der Waals surface area contributed by atoms with Gasteiger partial charge in [0, 0.05) is 18.2 Å². The first kappa shape index (κ1) is 23.9. The third-order valence-corrected chi connectivity index (χ3v) is 7.65. The van der Waals surface area contributed by atoms with Crippen LogP contribution in [0.15, 0.2) is 36.4 Å². The summed E-state index contributed by atoms with van der Waals surface area (Å²) in [5.41, 5.74) is 1.47. The summed E-state index contributed by atoms with van der Waals surface area (Å²) in [4.78, 5) is 0. The monoisotopic (exact) mass is 458 g/mol. The molecule has 33 heavy (non-hydrogen) atoms. The highest BCUT2D eigenvalue weighted by Crippen LogP contribution is 2.39. The summed E-state index contributed by atoms with van der Waals surface area (Å²) in [5.74, 6) is -0.456. The molecule has 0 radical (unpaired) electrons. The van der Waals surface area contributed by atoms with Gasteiger partial charge in [-0.15, -0.1) is 0 Å². The van der Waals surface area contributed by atoms with E-state index in [1.807, 2.05) is 12.1 Å². The van der Waals surface area contributed by atoms with Gasteiger partial charge in [0.15, 0.2) is 11.6 Å². The van der Waals surface area contributed by atoms with Gasteiger partial charge in [-0.1, -0.05) is 30.4 Å². The van der Waals surface area contributed by atoms with Crippen molar-refractivity contribution in [2.75, 3.05) is 13.7 Å². The van der Waals surface area contributed by atoms with Gasteiger partial charge >= 0.3 is 0 Å². The van der Waals surface area contributed by atoms with E-state index in [4.69, 9.17) is 4.74 Å². The zero-order chi connectivity index (χ0) is 23.4. The van der Waals surface area contributed by atoms with Gasteiger partial charge in [0.2, 0.25) is 0 Å². The first-order valence-electron chi connectivity index (χ1n) is 12.1. The number of aliphatic hydroxyl groups is 1. The van der Waals surface area contributed by atoms with Crippen LogP contribution in [0.25, 0.3) is 6.08 Å². The first-order valence-corrected chi connectivity index (χ1v) is 12.1. The Morgan fingerprint density at radius 1 is 0.848 bits per heavy atom. The fourth-order valence-corrected chi connectivity index (χ4v) is 5.51. The van der Waals surface area contributed by atoms with Crippen LogP contribution in [0.2, 0.25) is 0 Å². The molecule has 0 bridgehead atoms. The molecular formula is C28H33F3O2.